The Balaban J connectivity index is 2.29. The first-order valence-electron chi connectivity index (χ1n) is 8.17. The number of phenols is 1. The van der Waals surface area contributed by atoms with E-state index in [2.05, 4.69) is 25.6 Å². The number of phenolic OH excluding ortho intramolecular Hbond substituents is 1. The third-order valence-corrected chi connectivity index (χ3v) is 6.58. The predicted octanol–water partition coefficient (Wildman–Crippen LogP) is 4.63. The Kier molecular flexibility index (Phi) is 4.43. The van der Waals surface area contributed by atoms with Crippen LogP contribution in [0.25, 0.3) is 0 Å². The lowest BCUT2D eigenvalue weighted by Gasteiger charge is -2.26. The molecule has 0 unspecified atom stereocenters. The summed E-state index contributed by atoms with van der Waals surface area (Å²) in [5, 5.41) is 14.0. The van der Waals surface area contributed by atoms with Gasteiger partial charge in [0.1, 0.15) is 10.6 Å². The van der Waals surface area contributed by atoms with Crippen LogP contribution in [0.3, 0.4) is 0 Å². The number of hydrogen-bond acceptors (Lipinski definition) is 4. The second kappa shape index (κ2) is 6.09. The van der Waals surface area contributed by atoms with Crippen molar-refractivity contribution in [3.05, 3.63) is 51.0 Å². The van der Waals surface area contributed by atoms with Crippen molar-refractivity contribution < 1.29 is 13.5 Å². The van der Waals surface area contributed by atoms with E-state index in [1.807, 2.05) is 40.7 Å². The maximum absolute atomic E-state index is 12.6. The number of aryl methyl sites for hydroxylation is 1. The average molecular weight is 437 g/mol. The van der Waals surface area contributed by atoms with Gasteiger partial charge in [-0.25, -0.2) is 0 Å². The van der Waals surface area contributed by atoms with Gasteiger partial charge in [-0.2, -0.15) is 8.42 Å². The molecule has 0 aromatic heterocycles. The van der Waals surface area contributed by atoms with Gasteiger partial charge in [-0.15, -0.1) is 4.40 Å². The van der Waals surface area contributed by atoms with Gasteiger partial charge in [0, 0.05) is 10.0 Å². The summed E-state index contributed by atoms with van der Waals surface area (Å²) in [5.41, 5.74) is 2.89. The number of amidine groups is 1. The van der Waals surface area contributed by atoms with Gasteiger partial charge in [0.25, 0.3) is 10.0 Å². The van der Waals surface area contributed by atoms with E-state index in [1.54, 1.807) is 18.2 Å². The number of halogens is 1. The second-order valence-corrected chi connectivity index (χ2v) is 9.97. The van der Waals surface area contributed by atoms with Gasteiger partial charge >= 0.3 is 0 Å². The molecular weight excluding hydrogens is 416 g/mol. The highest BCUT2D eigenvalue weighted by Gasteiger charge is 2.30. The summed E-state index contributed by atoms with van der Waals surface area (Å²) >= 11 is 3.52. The van der Waals surface area contributed by atoms with Crippen LogP contribution in [0.15, 0.2) is 38.0 Å². The van der Waals surface area contributed by atoms with Gasteiger partial charge in [0.2, 0.25) is 0 Å². The number of sulfonamides is 1. The fourth-order valence-corrected chi connectivity index (χ4v) is 4.52. The monoisotopic (exact) mass is 436 g/mol. The Hall–Kier alpha value is -1.86. The van der Waals surface area contributed by atoms with Crippen LogP contribution < -0.4 is 5.32 Å². The zero-order valence-electron chi connectivity index (χ0n) is 15.3. The van der Waals surface area contributed by atoms with Crippen LogP contribution in [-0.4, -0.2) is 19.4 Å². The van der Waals surface area contributed by atoms with E-state index < -0.39 is 10.0 Å². The maximum Gasteiger partial charge on any atom is 0.286 e. The summed E-state index contributed by atoms with van der Waals surface area (Å²) < 4.78 is 30.0. The SMILES string of the molecule is Cc1ccc2c(c1)NC(c1c(C)c(Br)cc(C(C)(C)C)c1O)=NS2(=O)=O. The first-order valence-corrected chi connectivity index (χ1v) is 10.4. The van der Waals surface area contributed by atoms with Crippen molar-refractivity contribution in [2.75, 3.05) is 5.32 Å². The van der Waals surface area contributed by atoms with Crippen LogP contribution >= 0.6 is 15.9 Å². The summed E-state index contributed by atoms with van der Waals surface area (Å²) in [7, 11) is -3.85. The zero-order chi connectivity index (χ0) is 19.4. The van der Waals surface area contributed by atoms with Crippen molar-refractivity contribution in [1.82, 2.24) is 0 Å². The first-order chi connectivity index (χ1) is 11.9. The Labute approximate surface area is 162 Å². The van der Waals surface area contributed by atoms with Gasteiger partial charge in [-0.1, -0.05) is 42.8 Å². The molecule has 1 heterocycles. The average Bonchev–Trinajstić information content (AvgIpc) is 2.48. The van der Waals surface area contributed by atoms with E-state index in [9.17, 15) is 13.5 Å². The van der Waals surface area contributed by atoms with E-state index in [0.717, 1.165) is 10.0 Å². The summed E-state index contributed by atoms with van der Waals surface area (Å²) in [4.78, 5) is 0.134. The lowest BCUT2D eigenvalue weighted by atomic mass is 9.84. The molecule has 0 bridgehead atoms. The molecule has 0 amide bonds. The molecule has 5 nitrogen and oxygen atoms in total. The standard InChI is InChI=1S/C19H21BrN2O3S/c1-10-6-7-15-14(8-10)21-18(22-26(15,24)25)16-11(2)13(20)9-12(17(16)23)19(3,4)5/h6-9,23H,1-5H3,(H,21,22). The summed E-state index contributed by atoms with van der Waals surface area (Å²) in [5.74, 6) is 0.167. The molecule has 3 rings (SSSR count). The molecular formula is C19H21BrN2O3S. The molecule has 0 radical (unpaired) electrons. The fourth-order valence-electron chi connectivity index (χ4n) is 2.99. The third kappa shape index (κ3) is 3.14. The molecule has 0 saturated heterocycles. The first kappa shape index (κ1) is 18.9. The van der Waals surface area contributed by atoms with Crippen LogP contribution in [0, 0.1) is 13.8 Å². The van der Waals surface area contributed by atoms with Gasteiger partial charge in [-0.05, 0) is 48.6 Å². The number of benzene rings is 2. The molecule has 0 fully saturated rings. The van der Waals surface area contributed by atoms with Crippen molar-refractivity contribution in [2.24, 2.45) is 4.40 Å². The van der Waals surface area contributed by atoms with Crippen molar-refractivity contribution in [1.29, 1.82) is 0 Å². The number of fused-ring (bicyclic) bond motifs is 1. The number of nitrogens with zero attached hydrogens (tertiary/aromatic N) is 1. The third-order valence-electron chi connectivity index (χ3n) is 4.42. The Bertz CT molecular complexity index is 1050. The van der Waals surface area contributed by atoms with Crippen molar-refractivity contribution in [3.63, 3.8) is 0 Å². The minimum absolute atomic E-state index is 0.0377. The smallest absolute Gasteiger partial charge is 0.286 e. The highest BCUT2D eigenvalue weighted by atomic mass is 79.9. The Morgan fingerprint density at radius 3 is 2.42 bits per heavy atom. The normalized spacial score (nSPS) is 15.8. The molecule has 0 atom stereocenters. The lowest BCUT2D eigenvalue weighted by molar-refractivity contribution is 0.445. The van der Waals surface area contributed by atoms with Crippen molar-refractivity contribution in [3.8, 4) is 5.75 Å². The van der Waals surface area contributed by atoms with E-state index in [4.69, 9.17) is 0 Å². The topological polar surface area (TPSA) is 78.8 Å². The molecule has 0 saturated carbocycles. The van der Waals surface area contributed by atoms with Gasteiger partial charge in [0.15, 0.2) is 5.84 Å². The van der Waals surface area contributed by atoms with Gasteiger partial charge in [0.05, 0.1) is 11.3 Å². The molecule has 0 spiro atoms. The Morgan fingerprint density at radius 1 is 1.15 bits per heavy atom. The van der Waals surface area contributed by atoms with Gasteiger partial charge in [-0.3, -0.25) is 0 Å². The van der Waals surface area contributed by atoms with E-state index in [-0.39, 0.29) is 21.9 Å². The maximum atomic E-state index is 12.6. The molecule has 0 aliphatic carbocycles. The number of rotatable bonds is 1. The van der Waals surface area contributed by atoms with Crippen LogP contribution in [0.2, 0.25) is 0 Å². The molecule has 7 heteroatoms. The fraction of sp³-hybridized carbons (Fsp3) is 0.316. The van der Waals surface area contributed by atoms with Gasteiger partial charge < -0.3 is 10.4 Å². The van der Waals surface area contributed by atoms with Crippen LogP contribution in [0.5, 0.6) is 5.75 Å². The predicted molar refractivity (Wildman–Crippen MR) is 108 cm³/mol. The molecule has 2 N–H and O–H groups in total. The zero-order valence-corrected chi connectivity index (χ0v) is 17.7. The summed E-state index contributed by atoms with van der Waals surface area (Å²) in [6, 6.07) is 6.90. The molecule has 26 heavy (non-hydrogen) atoms. The lowest BCUT2D eigenvalue weighted by Crippen LogP contribution is -2.24. The molecule has 2 aromatic carbocycles. The van der Waals surface area contributed by atoms with Crippen LogP contribution in [0.4, 0.5) is 5.69 Å². The van der Waals surface area contributed by atoms with E-state index in [1.165, 1.54) is 0 Å². The Morgan fingerprint density at radius 2 is 1.81 bits per heavy atom. The summed E-state index contributed by atoms with van der Waals surface area (Å²) in [6.45, 7) is 9.66. The highest BCUT2D eigenvalue weighted by Crippen LogP contribution is 2.40. The number of hydrogen-bond donors (Lipinski definition) is 2. The van der Waals surface area contributed by atoms with Crippen LogP contribution in [-0.2, 0) is 15.4 Å². The minimum Gasteiger partial charge on any atom is -0.507 e. The van der Waals surface area contributed by atoms with Crippen molar-refractivity contribution >= 4 is 37.5 Å². The second-order valence-electron chi connectivity index (χ2n) is 7.54. The summed E-state index contributed by atoms with van der Waals surface area (Å²) in [6.07, 6.45) is 0. The highest BCUT2D eigenvalue weighted by molar-refractivity contribution is 9.10. The number of aromatic hydroxyl groups is 1. The number of nitrogens with one attached hydrogen (secondary N) is 1. The van der Waals surface area contributed by atoms with E-state index >= 15 is 0 Å². The molecule has 2 aromatic rings. The molecule has 1 aliphatic heterocycles. The van der Waals surface area contributed by atoms with Crippen LogP contribution in [0.1, 0.15) is 43.0 Å². The molecule has 138 valence electrons. The largest absolute Gasteiger partial charge is 0.507 e. The quantitative estimate of drug-likeness (QED) is 0.682. The number of anilines is 1. The van der Waals surface area contributed by atoms with E-state index in [0.29, 0.717) is 22.4 Å². The van der Waals surface area contributed by atoms with Crippen molar-refractivity contribution in [2.45, 2.75) is 44.9 Å². The minimum atomic E-state index is -3.85. The molecule has 1 aliphatic rings.